The van der Waals surface area contributed by atoms with Gasteiger partial charge in [0, 0.05) is 30.4 Å². The van der Waals surface area contributed by atoms with Crippen molar-refractivity contribution < 1.29 is 23.5 Å². The number of aromatic nitrogens is 4. The first-order valence-electron chi connectivity index (χ1n) is 7.66. The number of amides is 1. The number of benzene rings is 1. The number of carboxylic acids is 1. The summed E-state index contributed by atoms with van der Waals surface area (Å²) < 4.78 is 28.2. The normalized spacial score (nSPS) is 12.3. The quantitative estimate of drug-likeness (QED) is 0.608. The van der Waals surface area contributed by atoms with E-state index in [0.29, 0.717) is 11.5 Å². The number of carbonyl (C=O) groups excluding carboxylic acids is 1. The van der Waals surface area contributed by atoms with Crippen LogP contribution in [0.1, 0.15) is 11.5 Å². The second-order valence-corrected chi connectivity index (χ2v) is 5.74. The molecule has 3 aromatic rings. The van der Waals surface area contributed by atoms with E-state index in [1.54, 1.807) is 6.92 Å². The Kier molecular flexibility index (Phi) is 4.65. The maximum Gasteiger partial charge on any atom is 0.326 e. The fourth-order valence-corrected chi connectivity index (χ4v) is 2.64. The number of hydrogen-bond donors (Lipinski definition) is 3. The third kappa shape index (κ3) is 3.53. The van der Waals surface area contributed by atoms with Gasteiger partial charge in [-0.1, -0.05) is 0 Å². The number of aromatic amines is 1. The zero-order chi connectivity index (χ0) is 18.8. The zero-order valence-corrected chi connectivity index (χ0v) is 13.7. The molecule has 1 atom stereocenters. The molecule has 0 spiro atoms. The van der Waals surface area contributed by atoms with Crippen LogP contribution < -0.4 is 5.32 Å². The SMILES string of the molecule is Cc1nc2cc(F)c(F)cc2n1CC(=O)N[C@@H](Cc1cnc[nH]1)C(=O)O. The molecule has 0 bridgehead atoms. The molecule has 26 heavy (non-hydrogen) atoms. The van der Waals surface area contributed by atoms with Crippen LogP contribution in [0.5, 0.6) is 0 Å². The van der Waals surface area contributed by atoms with E-state index in [1.165, 1.54) is 17.1 Å². The van der Waals surface area contributed by atoms with Gasteiger partial charge in [-0.15, -0.1) is 0 Å². The van der Waals surface area contributed by atoms with E-state index in [4.69, 9.17) is 0 Å². The van der Waals surface area contributed by atoms with Crippen LogP contribution in [0.25, 0.3) is 11.0 Å². The molecule has 136 valence electrons. The fourth-order valence-electron chi connectivity index (χ4n) is 2.64. The minimum atomic E-state index is -1.20. The monoisotopic (exact) mass is 363 g/mol. The third-order valence-electron chi connectivity index (χ3n) is 3.90. The molecule has 0 aliphatic heterocycles. The summed E-state index contributed by atoms with van der Waals surface area (Å²) in [5, 5.41) is 11.7. The number of aryl methyl sites for hydroxylation is 1. The highest BCUT2D eigenvalue weighted by Crippen LogP contribution is 2.19. The fraction of sp³-hybridized carbons (Fsp3) is 0.250. The average molecular weight is 363 g/mol. The lowest BCUT2D eigenvalue weighted by molar-refractivity contribution is -0.141. The van der Waals surface area contributed by atoms with E-state index < -0.39 is 29.6 Å². The van der Waals surface area contributed by atoms with Crippen molar-refractivity contribution in [2.75, 3.05) is 0 Å². The Labute approximate surface area is 145 Å². The first-order valence-corrected chi connectivity index (χ1v) is 7.66. The van der Waals surface area contributed by atoms with Crippen molar-refractivity contribution in [3.63, 3.8) is 0 Å². The summed E-state index contributed by atoms with van der Waals surface area (Å²) in [5.74, 6) is -3.50. The molecule has 0 unspecified atom stereocenters. The van der Waals surface area contributed by atoms with Crippen LogP contribution in [0.15, 0.2) is 24.7 Å². The minimum Gasteiger partial charge on any atom is -0.480 e. The van der Waals surface area contributed by atoms with E-state index >= 15 is 0 Å². The van der Waals surface area contributed by atoms with Gasteiger partial charge in [-0.3, -0.25) is 4.79 Å². The number of hydrogen-bond acceptors (Lipinski definition) is 4. The summed E-state index contributed by atoms with van der Waals surface area (Å²) in [4.78, 5) is 34.3. The molecule has 8 nitrogen and oxygen atoms in total. The number of nitrogens with one attached hydrogen (secondary N) is 2. The Morgan fingerprint density at radius 2 is 2.08 bits per heavy atom. The van der Waals surface area contributed by atoms with Crippen molar-refractivity contribution in [3.8, 4) is 0 Å². The lowest BCUT2D eigenvalue weighted by atomic mass is 10.1. The van der Waals surface area contributed by atoms with Gasteiger partial charge in [0.05, 0.1) is 17.4 Å². The summed E-state index contributed by atoms with van der Waals surface area (Å²) in [7, 11) is 0. The zero-order valence-electron chi connectivity index (χ0n) is 13.7. The Balaban J connectivity index is 1.78. The van der Waals surface area contributed by atoms with E-state index in [-0.39, 0.29) is 24.0 Å². The Bertz CT molecular complexity index is 968. The number of aliphatic carboxylic acids is 1. The van der Waals surface area contributed by atoms with Gasteiger partial charge >= 0.3 is 5.97 Å². The van der Waals surface area contributed by atoms with Crippen LogP contribution in [0, 0.1) is 18.6 Å². The lowest BCUT2D eigenvalue weighted by Crippen LogP contribution is -2.43. The number of carboxylic acid groups (broad SMARTS) is 1. The predicted octanol–water partition coefficient (Wildman–Crippen LogP) is 1.16. The van der Waals surface area contributed by atoms with E-state index in [9.17, 15) is 23.5 Å². The molecule has 0 radical (unpaired) electrons. The maximum atomic E-state index is 13.5. The van der Waals surface area contributed by atoms with Crippen LogP contribution in [-0.2, 0) is 22.6 Å². The number of H-pyrrole nitrogens is 1. The first-order chi connectivity index (χ1) is 12.3. The molecule has 0 fully saturated rings. The number of rotatable bonds is 6. The van der Waals surface area contributed by atoms with Crippen LogP contribution in [0.4, 0.5) is 8.78 Å². The molecule has 3 N–H and O–H groups in total. The molecule has 0 saturated heterocycles. The van der Waals surface area contributed by atoms with Crippen molar-refractivity contribution in [1.82, 2.24) is 24.8 Å². The number of fused-ring (bicyclic) bond motifs is 1. The van der Waals surface area contributed by atoms with Crippen molar-refractivity contribution in [3.05, 3.63) is 47.8 Å². The van der Waals surface area contributed by atoms with Crippen molar-refractivity contribution in [2.24, 2.45) is 0 Å². The number of imidazole rings is 2. The molecule has 3 rings (SSSR count). The minimum absolute atomic E-state index is 0.0323. The van der Waals surface area contributed by atoms with Crippen LogP contribution >= 0.6 is 0 Å². The van der Waals surface area contributed by atoms with Crippen LogP contribution in [0.2, 0.25) is 0 Å². The second-order valence-electron chi connectivity index (χ2n) is 5.74. The number of nitrogens with zero attached hydrogens (tertiary/aromatic N) is 3. The molecular formula is C16H15F2N5O3. The highest BCUT2D eigenvalue weighted by molar-refractivity contribution is 5.85. The van der Waals surface area contributed by atoms with Crippen molar-refractivity contribution in [1.29, 1.82) is 0 Å². The van der Waals surface area contributed by atoms with Gasteiger partial charge in [-0.25, -0.2) is 23.5 Å². The maximum absolute atomic E-state index is 13.5. The van der Waals surface area contributed by atoms with Gasteiger partial charge in [-0.2, -0.15) is 0 Å². The van der Waals surface area contributed by atoms with E-state index in [2.05, 4.69) is 20.3 Å². The highest BCUT2D eigenvalue weighted by Gasteiger charge is 2.22. The topological polar surface area (TPSA) is 113 Å². The smallest absolute Gasteiger partial charge is 0.326 e. The molecule has 0 saturated carbocycles. The van der Waals surface area contributed by atoms with E-state index in [1.807, 2.05) is 0 Å². The first kappa shape index (κ1) is 17.5. The van der Waals surface area contributed by atoms with Crippen LogP contribution in [-0.4, -0.2) is 42.5 Å². The Morgan fingerprint density at radius 1 is 1.35 bits per heavy atom. The van der Waals surface area contributed by atoms with Gasteiger partial charge in [0.15, 0.2) is 11.6 Å². The standard InChI is InChI=1S/C16H15F2N5O3/c1-8-21-12-3-10(17)11(18)4-14(12)23(8)6-15(24)22-13(16(25)26)2-9-5-19-7-20-9/h3-5,7,13H,2,6H2,1H3,(H,19,20)(H,22,24)(H,25,26)/t13-/m0/s1. The van der Waals surface area contributed by atoms with Gasteiger partial charge < -0.3 is 20.0 Å². The van der Waals surface area contributed by atoms with E-state index in [0.717, 1.165) is 12.1 Å². The molecule has 2 aromatic heterocycles. The molecule has 1 aromatic carbocycles. The summed E-state index contributed by atoms with van der Waals surface area (Å²) in [6.45, 7) is 1.31. The molecule has 0 aliphatic carbocycles. The highest BCUT2D eigenvalue weighted by atomic mass is 19.2. The molecule has 2 heterocycles. The lowest BCUT2D eigenvalue weighted by Gasteiger charge is -2.14. The van der Waals surface area contributed by atoms with Crippen LogP contribution in [0.3, 0.4) is 0 Å². The number of carbonyl (C=O) groups is 2. The predicted molar refractivity (Wildman–Crippen MR) is 86.2 cm³/mol. The van der Waals surface area contributed by atoms with Gasteiger partial charge in [0.25, 0.3) is 0 Å². The third-order valence-corrected chi connectivity index (χ3v) is 3.90. The van der Waals surface area contributed by atoms with Gasteiger partial charge in [-0.05, 0) is 6.92 Å². The summed E-state index contributed by atoms with van der Waals surface area (Å²) >= 11 is 0. The summed E-state index contributed by atoms with van der Waals surface area (Å²) in [6.07, 6.45) is 2.91. The number of halogens is 2. The molecule has 0 aliphatic rings. The van der Waals surface area contributed by atoms with Gasteiger partial charge in [0.1, 0.15) is 18.4 Å². The van der Waals surface area contributed by atoms with Gasteiger partial charge in [0.2, 0.25) is 5.91 Å². The molecule has 1 amide bonds. The largest absolute Gasteiger partial charge is 0.480 e. The average Bonchev–Trinajstić information content (AvgIpc) is 3.17. The second kappa shape index (κ2) is 6.90. The Morgan fingerprint density at radius 3 is 2.73 bits per heavy atom. The molecular weight excluding hydrogens is 348 g/mol. The summed E-state index contributed by atoms with van der Waals surface area (Å²) in [5.41, 5.74) is 1.01. The summed E-state index contributed by atoms with van der Waals surface area (Å²) in [6, 6.07) is 0.744. The van der Waals surface area contributed by atoms with Crippen molar-refractivity contribution in [2.45, 2.75) is 25.9 Å². The van der Waals surface area contributed by atoms with Crippen molar-refractivity contribution >= 4 is 22.9 Å². The molecule has 10 heteroatoms. The Hall–Kier alpha value is -3.30.